The van der Waals surface area contributed by atoms with Gasteiger partial charge in [0.05, 0.1) is 11.6 Å². The lowest BCUT2D eigenvalue weighted by molar-refractivity contribution is 0.416. The first-order valence-corrected chi connectivity index (χ1v) is 5.78. The third-order valence-corrected chi connectivity index (χ3v) is 3.45. The fourth-order valence-electron chi connectivity index (χ4n) is 1.60. The number of halogens is 1. The van der Waals surface area contributed by atoms with E-state index < -0.39 is 0 Å². The molecule has 0 aliphatic rings. The molecule has 4 heteroatoms. The number of H-pyrrole nitrogens is 1. The molecule has 0 amide bonds. The third-order valence-electron chi connectivity index (χ3n) is 2.48. The molecule has 0 saturated carbocycles. The van der Waals surface area contributed by atoms with Crippen LogP contribution in [0.2, 0.25) is 0 Å². The quantitative estimate of drug-likeness (QED) is 0.915. The molecule has 0 atom stereocenters. The van der Waals surface area contributed by atoms with E-state index in [4.69, 9.17) is 4.74 Å². The van der Waals surface area contributed by atoms with Gasteiger partial charge in [0.1, 0.15) is 11.4 Å². The van der Waals surface area contributed by atoms with Crippen LogP contribution in [0.25, 0.3) is 11.3 Å². The van der Waals surface area contributed by atoms with Crippen molar-refractivity contribution in [3.05, 3.63) is 33.9 Å². The van der Waals surface area contributed by atoms with Gasteiger partial charge >= 0.3 is 0 Å². The zero-order valence-electron chi connectivity index (χ0n) is 9.47. The second-order valence-corrected chi connectivity index (χ2v) is 4.51. The van der Waals surface area contributed by atoms with Gasteiger partial charge in [-0.3, -0.25) is 5.10 Å². The Hall–Kier alpha value is -1.29. The number of ether oxygens (including phenoxy) is 1. The van der Waals surface area contributed by atoms with Gasteiger partial charge in [-0.05, 0) is 41.9 Å². The van der Waals surface area contributed by atoms with Crippen molar-refractivity contribution in [2.24, 2.45) is 0 Å². The van der Waals surface area contributed by atoms with Gasteiger partial charge in [-0.25, -0.2) is 0 Å². The number of nitrogens with one attached hydrogen (secondary N) is 1. The Kier molecular flexibility index (Phi) is 3.01. The van der Waals surface area contributed by atoms with Crippen LogP contribution in [0.1, 0.15) is 11.3 Å². The molecule has 0 radical (unpaired) electrons. The summed E-state index contributed by atoms with van der Waals surface area (Å²) in [6, 6.07) is 6.05. The van der Waals surface area contributed by atoms with Crippen molar-refractivity contribution in [2.45, 2.75) is 13.8 Å². The molecule has 1 heterocycles. The van der Waals surface area contributed by atoms with Crippen molar-refractivity contribution in [3.63, 3.8) is 0 Å². The Balaban J connectivity index is 2.62. The zero-order chi connectivity index (χ0) is 11.7. The molecule has 1 aromatic heterocycles. The highest BCUT2D eigenvalue weighted by molar-refractivity contribution is 9.10. The van der Waals surface area contributed by atoms with E-state index in [9.17, 15) is 0 Å². The summed E-state index contributed by atoms with van der Waals surface area (Å²) >= 11 is 3.53. The molecule has 3 nitrogen and oxygen atoms in total. The van der Waals surface area contributed by atoms with Crippen molar-refractivity contribution in [1.29, 1.82) is 0 Å². The Morgan fingerprint density at radius 3 is 2.62 bits per heavy atom. The maximum Gasteiger partial charge on any atom is 0.128 e. The Morgan fingerprint density at radius 2 is 2.06 bits per heavy atom. The molecule has 0 aliphatic heterocycles. The minimum atomic E-state index is 0.831. The maximum atomic E-state index is 5.34. The Morgan fingerprint density at radius 1 is 1.31 bits per heavy atom. The summed E-state index contributed by atoms with van der Waals surface area (Å²) in [5.74, 6) is 0.831. The summed E-state index contributed by atoms with van der Waals surface area (Å²) in [5, 5.41) is 7.24. The average molecular weight is 281 g/mol. The molecule has 1 aromatic carbocycles. The molecular formula is C12H13BrN2O. The van der Waals surface area contributed by atoms with Crippen LogP contribution in [-0.4, -0.2) is 17.3 Å². The minimum absolute atomic E-state index is 0.831. The van der Waals surface area contributed by atoms with E-state index in [1.165, 1.54) is 5.56 Å². The lowest BCUT2D eigenvalue weighted by Gasteiger charge is -2.07. The first kappa shape index (κ1) is 11.2. The van der Waals surface area contributed by atoms with Crippen molar-refractivity contribution < 1.29 is 4.74 Å². The van der Waals surface area contributed by atoms with Crippen LogP contribution in [0, 0.1) is 13.8 Å². The topological polar surface area (TPSA) is 37.9 Å². The van der Waals surface area contributed by atoms with Crippen molar-refractivity contribution in [2.75, 3.05) is 7.11 Å². The Labute approximate surface area is 103 Å². The molecule has 0 aliphatic carbocycles. The molecule has 84 valence electrons. The number of rotatable bonds is 2. The molecule has 0 unspecified atom stereocenters. The SMILES string of the molecule is COc1ccc(C)cc1-c1n[nH]c(C)c1Br. The smallest absolute Gasteiger partial charge is 0.128 e. The monoisotopic (exact) mass is 280 g/mol. The fourth-order valence-corrected chi connectivity index (χ4v) is 1.99. The van der Waals surface area contributed by atoms with Crippen LogP contribution in [0.5, 0.6) is 5.75 Å². The molecule has 0 saturated heterocycles. The molecule has 2 aromatic rings. The first-order chi connectivity index (χ1) is 7.63. The fraction of sp³-hybridized carbons (Fsp3) is 0.250. The van der Waals surface area contributed by atoms with Crippen LogP contribution < -0.4 is 4.74 Å². The predicted octanol–water partition coefficient (Wildman–Crippen LogP) is 3.46. The molecular weight excluding hydrogens is 268 g/mol. The average Bonchev–Trinajstić information content (AvgIpc) is 2.60. The second kappa shape index (κ2) is 4.29. The number of methoxy groups -OCH3 is 1. The summed E-state index contributed by atoms with van der Waals surface area (Å²) in [6.07, 6.45) is 0. The van der Waals surface area contributed by atoms with Gasteiger partial charge in [0.25, 0.3) is 0 Å². The van der Waals surface area contributed by atoms with Crippen LogP contribution in [-0.2, 0) is 0 Å². The van der Waals surface area contributed by atoms with Gasteiger partial charge in [0, 0.05) is 11.3 Å². The van der Waals surface area contributed by atoms with Gasteiger partial charge in [-0.15, -0.1) is 0 Å². The molecule has 0 bridgehead atoms. The number of aryl methyl sites for hydroxylation is 2. The molecule has 0 spiro atoms. The van der Waals surface area contributed by atoms with Gasteiger partial charge in [0.2, 0.25) is 0 Å². The molecule has 2 rings (SSSR count). The van der Waals surface area contributed by atoms with E-state index in [0.717, 1.165) is 27.2 Å². The number of hydrogen-bond donors (Lipinski definition) is 1. The van der Waals surface area contributed by atoms with Crippen molar-refractivity contribution >= 4 is 15.9 Å². The van der Waals surface area contributed by atoms with Gasteiger partial charge in [0.15, 0.2) is 0 Å². The number of hydrogen-bond acceptors (Lipinski definition) is 2. The standard InChI is InChI=1S/C12H13BrN2O/c1-7-4-5-10(16-3)9(6-7)12-11(13)8(2)14-15-12/h4-6H,1-3H3,(H,14,15). The largest absolute Gasteiger partial charge is 0.496 e. The molecule has 16 heavy (non-hydrogen) atoms. The lowest BCUT2D eigenvalue weighted by Crippen LogP contribution is -1.89. The summed E-state index contributed by atoms with van der Waals surface area (Å²) in [7, 11) is 1.67. The van der Waals surface area contributed by atoms with Crippen molar-refractivity contribution in [3.8, 4) is 17.0 Å². The summed E-state index contributed by atoms with van der Waals surface area (Å²) in [4.78, 5) is 0. The summed E-state index contributed by atoms with van der Waals surface area (Å²) < 4.78 is 6.33. The van der Waals surface area contributed by atoms with E-state index >= 15 is 0 Å². The van der Waals surface area contributed by atoms with Crippen molar-refractivity contribution in [1.82, 2.24) is 10.2 Å². The third kappa shape index (κ3) is 1.85. The highest BCUT2D eigenvalue weighted by Gasteiger charge is 2.14. The summed E-state index contributed by atoms with van der Waals surface area (Å²) in [5.41, 5.74) is 4.08. The number of benzene rings is 1. The highest BCUT2D eigenvalue weighted by atomic mass is 79.9. The summed E-state index contributed by atoms with van der Waals surface area (Å²) in [6.45, 7) is 4.03. The van der Waals surface area contributed by atoms with E-state index in [1.54, 1.807) is 7.11 Å². The first-order valence-electron chi connectivity index (χ1n) is 4.99. The number of aromatic amines is 1. The van der Waals surface area contributed by atoms with Crippen LogP contribution in [0.4, 0.5) is 0 Å². The van der Waals surface area contributed by atoms with E-state index in [1.807, 2.05) is 19.1 Å². The number of nitrogens with zero attached hydrogens (tertiary/aromatic N) is 1. The van der Waals surface area contributed by atoms with Gasteiger partial charge in [-0.1, -0.05) is 11.6 Å². The minimum Gasteiger partial charge on any atom is -0.496 e. The Bertz CT molecular complexity index is 520. The normalized spacial score (nSPS) is 10.5. The van der Waals surface area contributed by atoms with Gasteiger partial charge in [-0.2, -0.15) is 5.10 Å². The predicted molar refractivity (Wildman–Crippen MR) is 67.7 cm³/mol. The zero-order valence-corrected chi connectivity index (χ0v) is 11.1. The van der Waals surface area contributed by atoms with E-state index in [-0.39, 0.29) is 0 Å². The second-order valence-electron chi connectivity index (χ2n) is 3.71. The number of aromatic nitrogens is 2. The lowest BCUT2D eigenvalue weighted by atomic mass is 10.1. The maximum absolute atomic E-state index is 5.34. The molecule has 1 N–H and O–H groups in total. The van der Waals surface area contributed by atoms with E-state index in [0.29, 0.717) is 0 Å². The van der Waals surface area contributed by atoms with Crippen LogP contribution in [0.15, 0.2) is 22.7 Å². The van der Waals surface area contributed by atoms with Crippen LogP contribution in [0.3, 0.4) is 0 Å². The highest BCUT2D eigenvalue weighted by Crippen LogP contribution is 2.35. The molecule has 0 fully saturated rings. The van der Waals surface area contributed by atoms with E-state index in [2.05, 4.69) is 39.1 Å². The van der Waals surface area contributed by atoms with Gasteiger partial charge < -0.3 is 4.74 Å². The van der Waals surface area contributed by atoms with Crippen LogP contribution >= 0.6 is 15.9 Å².